The monoisotopic (exact) mass is 473 g/mol. The summed E-state index contributed by atoms with van der Waals surface area (Å²) in [5.41, 5.74) is 3.07. The molecular formula is C27H31N5O3. The first-order valence-corrected chi connectivity index (χ1v) is 12.4. The molecule has 8 nitrogen and oxygen atoms in total. The first-order valence-electron chi connectivity index (χ1n) is 12.4. The summed E-state index contributed by atoms with van der Waals surface area (Å²) in [5.74, 6) is 2.38. The summed E-state index contributed by atoms with van der Waals surface area (Å²) < 4.78 is 22.0. The summed E-state index contributed by atoms with van der Waals surface area (Å²) in [4.78, 5) is 6.86. The van der Waals surface area contributed by atoms with Gasteiger partial charge in [-0.3, -0.25) is 9.58 Å². The number of hydrogen-bond acceptors (Lipinski definition) is 6. The third kappa shape index (κ3) is 4.39. The van der Waals surface area contributed by atoms with E-state index in [2.05, 4.69) is 38.6 Å². The second-order valence-electron chi connectivity index (χ2n) is 9.36. The molecule has 2 atom stereocenters. The molecule has 35 heavy (non-hydrogen) atoms. The Morgan fingerprint density at radius 3 is 2.74 bits per heavy atom. The van der Waals surface area contributed by atoms with Crippen molar-refractivity contribution in [1.29, 1.82) is 0 Å². The van der Waals surface area contributed by atoms with Gasteiger partial charge in [0, 0.05) is 43.7 Å². The molecule has 8 heteroatoms. The van der Waals surface area contributed by atoms with Crippen LogP contribution < -0.4 is 9.47 Å². The summed E-state index contributed by atoms with van der Waals surface area (Å²) in [6.45, 7) is 6.70. The van der Waals surface area contributed by atoms with E-state index in [1.54, 1.807) is 0 Å². The number of hydrogen-bond donors (Lipinski definition) is 0. The van der Waals surface area contributed by atoms with Crippen molar-refractivity contribution in [1.82, 2.24) is 24.2 Å². The van der Waals surface area contributed by atoms with E-state index in [0.717, 1.165) is 72.1 Å². The van der Waals surface area contributed by atoms with Crippen LogP contribution in [0.5, 0.6) is 17.2 Å². The Balaban J connectivity index is 1.13. The number of nitrogens with zero attached hydrogens (tertiary/aromatic N) is 5. The van der Waals surface area contributed by atoms with Gasteiger partial charge in [-0.25, -0.2) is 4.98 Å². The van der Waals surface area contributed by atoms with Crippen LogP contribution in [-0.4, -0.2) is 62.7 Å². The second-order valence-corrected chi connectivity index (χ2v) is 9.36. The van der Waals surface area contributed by atoms with E-state index in [-0.39, 0.29) is 0 Å². The number of imidazole rings is 1. The van der Waals surface area contributed by atoms with Gasteiger partial charge in [0.2, 0.25) is 0 Å². The smallest absolute Gasteiger partial charge is 0.153 e. The fraction of sp³-hybridized carbons (Fsp3) is 0.407. The molecule has 0 amide bonds. The quantitative estimate of drug-likeness (QED) is 0.334. The zero-order valence-electron chi connectivity index (χ0n) is 20.3. The predicted octanol–water partition coefficient (Wildman–Crippen LogP) is 4.49. The molecule has 2 bridgehead atoms. The number of fused-ring (bicyclic) bond motifs is 3. The van der Waals surface area contributed by atoms with Crippen molar-refractivity contribution in [3.63, 3.8) is 0 Å². The van der Waals surface area contributed by atoms with Gasteiger partial charge in [-0.15, -0.1) is 0 Å². The van der Waals surface area contributed by atoms with Gasteiger partial charge in [0.25, 0.3) is 0 Å². The zero-order valence-corrected chi connectivity index (χ0v) is 20.3. The van der Waals surface area contributed by atoms with Crippen LogP contribution in [0.1, 0.15) is 19.8 Å². The number of aromatic nitrogens is 4. The van der Waals surface area contributed by atoms with Crippen LogP contribution in [0.2, 0.25) is 0 Å². The predicted molar refractivity (Wildman–Crippen MR) is 134 cm³/mol. The van der Waals surface area contributed by atoms with Crippen LogP contribution in [-0.2, 0) is 18.3 Å². The lowest BCUT2D eigenvalue weighted by Gasteiger charge is -2.26. The standard InChI is InChI=1S/C27H31N5O3/c1-3-31-18-28-15-25(31)19-11-20-14-29-30(2)27(20)26(12-19)35-23-7-5-22(6-8-23)33-10-4-9-32-16-24-13-21(32)17-34-24/h5-8,11-12,14-15,18,21,24H,3-4,9-10,13,16-17H2,1-2H3. The van der Waals surface area contributed by atoms with Crippen molar-refractivity contribution in [2.24, 2.45) is 7.05 Å². The van der Waals surface area contributed by atoms with Crippen LogP contribution in [0.3, 0.4) is 0 Å². The summed E-state index contributed by atoms with van der Waals surface area (Å²) in [5, 5.41) is 5.47. The van der Waals surface area contributed by atoms with Crippen LogP contribution in [0.15, 0.2) is 55.1 Å². The van der Waals surface area contributed by atoms with Crippen LogP contribution in [0.25, 0.3) is 22.2 Å². The van der Waals surface area contributed by atoms with E-state index in [4.69, 9.17) is 14.2 Å². The number of rotatable bonds is 9. The van der Waals surface area contributed by atoms with Gasteiger partial charge in [-0.05, 0) is 56.2 Å². The molecule has 6 rings (SSSR count). The van der Waals surface area contributed by atoms with Gasteiger partial charge in [-0.2, -0.15) is 5.10 Å². The summed E-state index contributed by atoms with van der Waals surface area (Å²) in [7, 11) is 1.93. The highest BCUT2D eigenvalue weighted by atomic mass is 16.5. The number of likely N-dealkylation sites (tertiary alicyclic amines) is 1. The Bertz CT molecular complexity index is 1310. The molecule has 0 spiro atoms. The maximum Gasteiger partial charge on any atom is 0.153 e. The molecule has 2 fully saturated rings. The first-order chi connectivity index (χ1) is 17.2. The number of aryl methyl sites for hydroxylation is 2. The Kier molecular flexibility index (Phi) is 5.91. The van der Waals surface area contributed by atoms with Crippen molar-refractivity contribution in [2.75, 3.05) is 26.3 Å². The minimum absolute atomic E-state index is 0.454. The molecule has 4 heterocycles. The molecule has 2 aliphatic rings. The van der Waals surface area contributed by atoms with Crippen LogP contribution >= 0.6 is 0 Å². The van der Waals surface area contributed by atoms with Crippen molar-refractivity contribution >= 4 is 10.9 Å². The lowest BCUT2D eigenvalue weighted by molar-refractivity contribution is 0.0288. The summed E-state index contributed by atoms with van der Waals surface area (Å²) in [6, 6.07) is 12.7. The van der Waals surface area contributed by atoms with E-state index in [1.165, 1.54) is 6.42 Å². The number of benzene rings is 2. The topological polar surface area (TPSA) is 66.6 Å². The zero-order chi connectivity index (χ0) is 23.8. The molecular weight excluding hydrogens is 442 g/mol. The molecule has 0 saturated carbocycles. The second kappa shape index (κ2) is 9.36. The Morgan fingerprint density at radius 1 is 1.11 bits per heavy atom. The molecule has 0 radical (unpaired) electrons. The largest absolute Gasteiger partial charge is 0.494 e. The number of ether oxygens (including phenoxy) is 3. The van der Waals surface area contributed by atoms with Crippen molar-refractivity contribution < 1.29 is 14.2 Å². The average Bonchev–Trinajstić information content (AvgIpc) is 3.67. The third-order valence-corrected chi connectivity index (χ3v) is 7.07. The maximum absolute atomic E-state index is 6.35. The highest BCUT2D eigenvalue weighted by Gasteiger charge is 2.38. The van der Waals surface area contributed by atoms with E-state index < -0.39 is 0 Å². The molecule has 2 aromatic heterocycles. The molecule has 4 aromatic rings. The van der Waals surface area contributed by atoms with E-state index in [9.17, 15) is 0 Å². The average molecular weight is 474 g/mol. The molecule has 2 aliphatic heterocycles. The van der Waals surface area contributed by atoms with Gasteiger partial charge in [-0.1, -0.05) is 0 Å². The highest BCUT2D eigenvalue weighted by Crippen LogP contribution is 2.35. The lowest BCUT2D eigenvalue weighted by Crippen LogP contribution is -2.37. The summed E-state index contributed by atoms with van der Waals surface area (Å²) in [6.07, 6.45) is 8.27. The normalized spacial score (nSPS) is 19.6. The van der Waals surface area contributed by atoms with Crippen LogP contribution in [0, 0.1) is 0 Å². The van der Waals surface area contributed by atoms with Gasteiger partial charge in [0.1, 0.15) is 17.0 Å². The maximum atomic E-state index is 6.35. The molecule has 182 valence electrons. The molecule has 2 saturated heterocycles. The van der Waals surface area contributed by atoms with Gasteiger partial charge in [0.05, 0.1) is 43.7 Å². The molecule has 2 unspecified atom stereocenters. The van der Waals surface area contributed by atoms with Crippen molar-refractivity contribution in [3.8, 4) is 28.5 Å². The number of morpholine rings is 1. The molecule has 0 aliphatic carbocycles. The Morgan fingerprint density at radius 2 is 1.97 bits per heavy atom. The first kappa shape index (κ1) is 22.1. The van der Waals surface area contributed by atoms with Gasteiger partial charge >= 0.3 is 0 Å². The lowest BCUT2D eigenvalue weighted by atomic mass is 10.1. The third-order valence-electron chi connectivity index (χ3n) is 7.07. The summed E-state index contributed by atoms with van der Waals surface area (Å²) >= 11 is 0. The Labute approximate surface area is 205 Å². The fourth-order valence-corrected chi connectivity index (χ4v) is 5.26. The fourth-order valence-electron chi connectivity index (χ4n) is 5.26. The molecule has 0 N–H and O–H groups in total. The Hall–Kier alpha value is -3.36. The highest BCUT2D eigenvalue weighted by molar-refractivity contribution is 5.89. The van der Waals surface area contributed by atoms with Crippen molar-refractivity contribution in [3.05, 3.63) is 55.1 Å². The minimum atomic E-state index is 0.454. The van der Waals surface area contributed by atoms with Gasteiger partial charge in [0.15, 0.2) is 5.75 Å². The van der Waals surface area contributed by atoms with E-state index in [1.807, 2.05) is 54.7 Å². The van der Waals surface area contributed by atoms with Gasteiger partial charge < -0.3 is 18.8 Å². The van der Waals surface area contributed by atoms with E-state index >= 15 is 0 Å². The van der Waals surface area contributed by atoms with E-state index in [0.29, 0.717) is 18.8 Å². The van der Waals surface area contributed by atoms with Crippen molar-refractivity contribution in [2.45, 2.75) is 38.5 Å². The van der Waals surface area contributed by atoms with Crippen LogP contribution in [0.4, 0.5) is 0 Å². The minimum Gasteiger partial charge on any atom is -0.494 e. The SMILES string of the molecule is CCn1cncc1-c1cc(Oc2ccc(OCCCN3CC4CC3CO4)cc2)c2c(cnn2C)c1. The molecule has 2 aromatic carbocycles.